The predicted octanol–water partition coefficient (Wildman–Crippen LogP) is 6.60. The summed E-state index contributed by atoms with van der Waals surface area (Å²) in [6.45, 7) is 0.859. The van der Waals surface area contributed by atoms with Crippen LogP contribution in [0.25, 0.3) is 0 Å². The predicted molar refractivity (Wildman–Crippen MR) is 125 cm³/mol. The standard InChI is InChI=1S/C24H23ClF3N3OS/c25-20-11-8-18-7-6-17-4-1-2-5-22(17)31(23(18)16-20)15-3-14-30-33(29,32)21-12-9-19(10-13-21)24(26,27)28/h1-2,4-5,8-13,16H,3,6-7,14-15H2,(H2,29,30,32). The lowest BCUT2D eigenvalue weighted by Crippen LogP contribution is -2.28. The lowest BCUT2D eigenvalue weighted by molar-refractivity contribution is -0.137. The zero-order valence-corrected chi connectivity index (χ0v) is 19.2. The number of aryl methyl sites for hydroxylation is 2. The number of nitrogens with one attached hydrogen (secondary N) is 2. The molecule has 1 atom stereocenters. The van der Waals surface area contributed by atoms with Gasteiger partial charge in [0.05, 0.1) is 10.5 Å². The number of nitrogens with zero attached hydrogens (tertiary/aromatic N) is 1. The number of hydrogen-bond donors (Lipinski definition) is 2. The molecule has 4 nitrogen and oxygen atoms in total. The summed E-state index contributed by atoms with van der Waals surface area (Å²) in [5.74, 6) is 0. The number of halogens is 4. The fourth-order valence-electron chi connectivity index (χ4n) is 4.00. The summed E-state index contributed by atoms with van der Waals surface area (Å²) in [4.78, 5) is 2.21. The van der Waals surface area contributed by atoms with Crippen LogP contribution in [0.1, 0.15) is 23.1 Å². The summed E-state index contributed by atoms with van der Waals surface area (Å²) in [5.41, 5.74) is 3.71. The lowest BCUT2D eigenvalue weighted by atomic mass is 10.0. The third-order valence-electron chi connectivity index (χ3n) is 5.66. The zero-order chi connectivity index (χ0) is 23.6. The van der Waals surface area contributed by atoms with Crippen LogP contribution in [0.4, 0.5) is 24.5 Å². The number of para-hydroxylation sites is 1. The number of anilines is 2. The van der Waals surface area contributed by atoms with Gasteiger partial charge >= 0.3 is 6.18 Å². The Bertz CT molecular complexity index is 1240. The van der Waals surface area contributed by atoms with Crippen molar-refractivity contribution in [3.8, 4) is 0 Å². The zero-order valence-electron chi connectivity index (χ0n) is 17.7. The minimum atomic E-state index is -4.47. The van der Waals surface area contributed by atoms with E-state index in [1.807, 2.05) is 30.3 Å². The van der Waals surface area contributed by atoms with E-state index in [0.29, 0.717) is 18.0 Å². The van der Waals surface area contributed by atoms with Crippen molar-refractivity contribution in [3.05, 3.63) is 88.4 Å². The third kappa shape index (κ3) is 5.34. The second kappa shape index (κ2) is 9.37. The highest BCUT2D eigenvalue weighted by Gasteiger charge is 2.30. The van der Waals surface area contributed by atoms with Crippen molar-refractivity contribution in [2.75, 3.05) is 18.0 Å². The monoisotopic (exact) mass is 493 g/mol. The number of hydrogen-bond acceptors (Lipinski definition) is 3. The molecule has 33 heavy (non-hydrogen) atoms. The minimum absolute atomic E-state index is 0.0211. The van der Waals surface area contributed by atoms with Crippen LogP contribution in [0.15, 0.2) is 71.6 Å². The van der Waals surface area contributed by atoms with Gasteiger partial charge in [-0.2, -0.15) is 13.2 Å². The summed E-state index contributed by atoms with van der Waals surface area (Å²) in [6, 6.07) is 17.9. The molecule has 0 saturated carbocycles. The Morgan fingerprint density at radius 3 is 2.33 bits per heavy atom. The normalized spacial score (nSPS) is 15.3. The van der Waals surface area contributed by atoms with Crippen molar-refractivity contribution in [1.29, 1.82) is 4.78 Å². The van der Waals surface area contributed by atoms with Gasteiger partial charge in [0.25, 0.3) is 0 Å². The van der Waals surface area contributed by atoms with Gasteiger partial charge in [0.2, 0.25) is 0 Å². The fraction of sp³-hybridized carbons (Fsp3) is 0.250. The maximum Gasteiger partial charge on any atom is 0.416 e. The van der Waals surface area contributed by atoms with E-state index in [1.54, 1.807) is 0 Å². The Kier molecular flexibility index (Phi) is 6.70. The molecule has 1 heterocycles. The quantitative estimate of drug-likeness (QED) is 0.380. The molecule has 1 aliphatic rings. The van der Waals surface area contributed by atoms with Crippen molar-refractivity contribution in [1.82, 2.24) is 4.72 Å². The van der Waals surface area contributed by atoms with Crippen LogP contribution >= 0.6 is 11.6 Å². The van der Waals surface area contributed by atoms with Crippen molar-refractivity contribution in [2.45, 2.75) is 30.3 Å². The maximum absolute atomic E-state index is 12.8. The molecule has 0 radical (unpaired) electrons. The van der Waals surface area contributed by atoms with Crippen molar-refractivity contribution in [2.24, 2.45) is 0 Å². The molecule has 1 unspecified atom stereocenters. The van der Waals surface area contributed by atoms with Gasteiger partial charge in [0.15, 0.2) is 0 Å². The Morgan fingerprint density at radius 2 is 1.64 bits per heavy atom. The van der Waals surface area contributed by atoms with E-state index < -0.39 is 21.7 Å². The molecule has 0 aliphatic carbocycles. The van der Waals surface area contributed by atoms with E-state index in [1.165, 1.54) is 11.1 Å². The fourth-order valence-corrected chi connectivity index (χ4v) is 5.28. The Morgan fingerprint density at radius 1 is 0.970 bits per heavy atom. The highest BCUT2D eigenvalue weighted by Crippen LogP contribution is 2.37. The highest BCUT2D eigenvalue weighted by molar-refractivity contribution is 7.90. The first kappa shape index (κ1) is 23.6. The van der Waals surface area contributed by atoms with Gasteiger partial charge in [-0.25, -0.2) is 13.7 Å². The molecular formula is C24H23ClF3N3OS. The smallest absolute Gasteiger partial charge is 0.341 e. The van der Waals surface area contributed by atoms with Gasteiger partial charge in [-0.1, -0.05) is 35.9 Å². The van der Waals surface area contributed by atoms with Crippen molar-refractivity contribution < 1.29 is 17.4 Å². The first-order chi connectivity index (χ1) is 15.6. The van der Waals surface area contributed by atoms with Gasteiger partial charge in [-0.05, 0) is 72.9 Å². The number of alkyl halides is 3. The summed E-state index contributed by atoms with van der Waals surface area (Å²) < 4.78 is 61.8. The highest BCUT2D eigenvalue weighted by atomic mass is 35.5. The summed E-state index contributed by atoms with van der Waals surface area (Å²) in [7, 11) is -3.42. The number of rotatable bonds is 6. The summed E-state index contributed by atoms with van der Waals surface area (Å²) in [6.07, 6.45) is -2.10. The molecule has 3 aromatic rings. The average Bonchev–Trinajstić information content (AvgIpc) is 2.93. The van der Waals surface area contributed by atoms with Crippen LogP contribution in [0.2, 0.25) is 5.02 Å². The Hall–Kier alpha value is -2.55. The first-order valence-electron chi connectivity index (χ1n) is 10.5. The average molecular weight is 494 g/mol. The molecule has 4 rings (SSSR count). The van der Waals surface area contributed by atoms with Crippen molar-refractivity contribution >= 4 is 32.9 Å². The van der Waals surface area contributed by atoms with Gasteiger partial charge < -0.3 is 4.90 Å². The van der Waals surface area contributed by atoms with E-state index in [2.05, 4.69) is 21.8 Å². The molecule has 0 fully saturated rings. The largest absolute Gasteiger partial charge is 0.416 e. The minimum Gasteiger partial charge on any atom is -0.341 e. The molecular weight excluding hydrogens is 471 g/mol. The van der Waals surface area contributed by atoms with Gasteiger partial charge in [0, 0.05) is 29.5 Å². The molecule has 3 aromatic carbocycles. The first-order valence-corrected chi connectivity index (χ1v) is 12.4. The lowest BCUT2D eigenvalue weighted by Gasteiger charge is -2.27. The number of fused-ring (bicyclic) bond motifs is 2. The van der Waals surface area contributed by atoms with Crippen LogP contribution in [-0.4, -0.2) is 17.3 Å². The van der Waals surface area contributed by atoms with E-state index in [0.717, 1.165) is 48.5 Å². The third-order valence-corrected chi connectivity index (χ3v) is 7.44. The summed E-state index contributed by atoms with van der Waals surface area (Å²) in [5, 5.41) is 0.646. The van der Waals surface area contributed by atoms with Gasteiger partial charge in [0.1, 0.15) is 9.92 Å². The summed E-state index contributed by atoms with van der Waals surface area (Å²) >= 11 is 6.28. The molecule has 174 valence electrons. The van der Waals surface area contributed by atoms with Crippen LogP contribution < -0.4 is 9.62 Å². The van der Waals surface area contributed by atoms with Crippen LogP contribution in [-0.2, 0) is 28.9 Å². The van der Waals surface area contributed by atoms with Crippen LogP contribution in [0.5, 0.6) is 0 Å². The second-order valence-corrected chi connectivity index (χ2v) is 10.2. The van der Waals surface area contributed by atoms with Gasteiger partial charge in [-0.15, -0.1) is 0 Å². The molecule has 0 saturated heterocycles. The van der Waals surface area contributed by atoms with E-state index in [4.69, 9.17) is 16.4 Å². The van der Waals surface area contributed by atoms with E-state index in [-0.39, 0.29) is 11.4 Å². The molecule has 0 amide bonds. The SMILES string of the molecule is N=S(=O)(NCCCN1c2ccccc2CCc2ccc(Cl)cc21)c1ccc(C(F)(F)F)cc1. The Labute approximate surface area is 196 Å². The van der Waals surface area contributed by atoms with Crippen LogP contribution in [0.3, 0.4) is 0 Å². The van der Waals surface area contributed by atoms with E-state index >= 15 is 0 Å². The van der Waals surface area contributed by atoms with Crippen molar-refractivity contribution in [3.63, 3.8) is 0 Å². The molecule has 0 spiro atoms. The molecule has 0 bridgehead atoms. The Balaban J connectivity index is 1.47. The number of benzene rings is 3. The van der Waals surface area contributed by atoms with E-state index in [9.17, 15) is 17.4 Å². The maximum atomic E-state index is 12.8. The van der Waals surface area contributed by atoms with Gasteiger partial charge in [-0.3, -0.25) is 0 Å². The molecule has 2 N–H and O–H groups in total. The topological polar surface area (TPSA) is 56.2 Å². The molecule has 1 aliphatic heterocycles. The molecule has 0 aromatic heterocycles. The molecule has 9 heteroatoms. The van der Waals surface area contributed by atoms with Crippen LogP contribution in [0, 0.1) is 4.78 Å². The second-order valence-electron chi connectivity index (χ2n) is 7.88.